The molecular formula is C15H19FN6O. The number of aromatic amines is 1. The molecule has 0 saturated carbocycles. The van der Waals surface area contributed by atoms with E-state index < -0.39 is 5.41 Å². The molecule has 3 N–H and O–H groups in total. The number of aromatic nitrogens is 4. The summed E-state index contributed by atoms with van der Waals surface area (Å²) in [6.45, 7) is 1.67. The molecule has 1 aliphatic heterocycles. The van der Waals surface area contributed by atoms with Crippen LogP contribution < -0.4 is 10.6 Å². The molecule has 23 heavy (non-hydrogen) atoms. The maximum atomic E-state index is 13.8. The highest BCUT2D eigenvalue weighted by Crippen LogP contribution is 2.29. The van der Waals surface area contributed by atoms with Crippen LogP contribution >= 0.6 is 0 Å². The van der Waals surface area contributed by atoms with Crippen LogP contribution in [-0.4, -0.2) is 46.2 Å². The van der Waals surface area contributed by atoms with E-state index in [2.05, 4.69) is 31.3 Å². The number of halogens is 1. The monoisotopic (exact) mass is 318 g/mol. The zero-order valence-corrected chi connectivity index (χ0v) is 12.7. The van der Waals surface area contributed by atoms with E-state index in [0.29, 0.717) is 43.9 Å². The van der Waals surface area contributed by atoms with Crippen LogP contribution in [0.15, 0.2) is 24.3 Å². The average molecular weight is 318 g/mol. The fourth-order valence-electron chi connectivity index (χ4n) is 2.72. The van der Waals surface area contributed by atoms with Crippen molar-refractivity contribution >= 4 is 5.91 Å². The molecule has 1 aliphatic rings. The van der Waals surface area contributed by atoms with Gasteiger partial charge in [0, 0.05) is 26.1 Å². The number of carbonyl (C=O) groups is 1. The van der Waals surface area contributed by atoms with Crippen LogP contribution in [0, 0.1) is 11.2 Å². The quantitative estimate of drug-likeness (QED) is 0.635. The first-order valence-corrected chi connectivity index (χ1v) is 7.64. The van der Waals surface area contributed by atoms with E-state index in [1.165, 1.54) is 6.07 Å². The summed E-state index contributed by atoms with van der Waals surface area (Å²) in [5.74, 6) is 0.335. The first kappa shape index (κ1) is 15.5. The van der Waals surface area contributed by atoms with Gasteiger partial charge in [-0.25, -0.2) is 4.39 Å². The van der Waals surface area contributed by atoms with E-state index in [9.17, 15) is 9.18 Å². The predicted octanol–water partition coefficient (Wildman–Crippen LogP) is 0.220. The van der Waals surface area contributed by atoms with Crippen molar-refractivity contribution in [3.8, 4) is 0 Å². The summed E-state index contributed by atoms with van der Waals surface area (Å²) in [6.07, 6.45) is 1.78. The number of rotatable bonds is 7. The van der Waals surface area contributed by atoms with Crippen LogP contribution in [0.1, 0.15) is 17.8 Å². The van der Waals surface area contributed by atoms with Crippen LogP contribution in [0.5, 0.6) is 0 Å². The molecule has 2 aromatic rings. The number of aryl methyl sites for hydroxylation is 1. The van der Waals surface area contributed by atoms with Crippen LogP contribution in [0.25, 0.3) is 0 Å². The third kappa shape index (κ3) is 3.53. The molecule has 0 aliphatic carbocycles. The van der Waals surface area contributed by atoms with Crippen molar-refractivity contribution in [2.24, 2.45) is 5.41 Å². The number of hydrogen-bond acceptors (Lipinski definition) is 5. The molecule has 0 atom stereocenters. The average Bonchev–Trinajstić information content (AvgIpc) is 3.02. The Morgan fingerprint density at radius 1 is 1.35 bits per heavy atom. The lowest BCUT2D eigenvalue weighted by Gasteiger charge is -2.41. The van der Waals surface area contributed by atoms with Crippen molar-refractivity contribution < 1.29 is 9.18 Å². The van der Waals surface area contributed by atoms with E-state index in [-0.39, 0.29) is 11.7 Å². The summed E-state index contributed by atoms with van der Waals surface area (Å²) in [5.41, 5.74) is 0.0184. The van der Waals surface area contributed by atoms with Crippen molar-refractivity contribution in [1.29, 1.82) is 0 Å². The van der Waals surface area contributed by atoms with Crippen molar-refractivity contribution in [3.63, 3.8) is 0 Å². The van der Waals surface area contributed by atoms with Gasteiger partial charge < -0.3 is 10.6 Å². The first-order chi connectivity index (χ1) is 11.2. The van der Waals surface area contributed by atoms with Gasteiger partial charge in [0.05, 0.1) is 5.41 Å². The minimum Gasteiger partial charge on any atom is -0.356 e. The van der Waals surface area contributed by atoms with Crippen molar-refractivity contribution in [1.82, 2.24) is 31.3 Å². The second kappa shape index (κ2) is 6.82. The Kier molecular flexibility index (Phi) is 4.61. The number of nitrogens with zero attached hydrogens (tertiary/aromatic N) is 3. The second-order valence-corrected chi connectivity index (χ2v) is 5.84. The smallest absolute Gasteiger partial charge is 0.229 e. The number of nitrogens with one attached hydrogen (secondary N) is 3. The number of carbonyl (C=O) groups excluding carboxylic acids is 1. The summed E-state index contributed by atoms with van der Waals surface area (Å²) >= 11 is 0. The van der Waals surface area contributed by atoms with Gasteiger partial charge >= 0.3 is 0 Å². The van der Waals surface area contributed by atoms with Gasteiger partial charge in [0.15, 0.2) is 5.82 Å². The maximum Gasteiger partial charge on any atom is 0.229 e. The molecule has 0 radical (unpaired) electrons. The summed E-state index contributed by atoms with van der Waals surface area (Å²) in [7, 11) is 0. The predicted molar refractivity (Wildman–Crippen MR) is 80.9 cm³/mol. The van der Waals surface area contributed by atoms with Gasteiger partial charge in [0.25, 0.3) is 0 Å². The standard InChI is InChI=1S/C15H19FN6O/c16-12-5-2-1-4-11(12)8-15(9-17-10-15)14(23)18-7-3-6-13-19-21-22-20-13/h1-2,4-5,17H,3,6-10H2,(H,18,23)(H,19,20,21,22). The lowest BCUT2D eigenvalue weighted by atomic mass is 9.75. The third-order valence-electron chi connectivity index (χ3n) is 4.15. The Morgan fingerprint density at radius 3 is 2.83 bits per heavy atom. The molecule has 0 spiro atoms. The van der Waals surface area contributed by atoms with Gasteiger partial charge in [-0.05, 0) is 24.5 Å². The van der Waals surface area contributed by atoms with Gasteiger partial charge in [-0.2, -0.15) is 5.21 Å². The number of hydrogen-bond donors (Lipinski definition) is 3. The van der Waals surface area contributed by atoms with Gasteiger partial charge in [-0.3, -0.25) is 4.79 Å². The molecule has 1 saturated heterocycles. The molecular weight excluding hydrogens is 299 g/mol. The molecule has 8 heteroatoms. The topological polar surface area (TPSA) is 95.6 Å². The first-order valence-electron chi connectivity index (χ1n) is 7.64. The number of H-pyrrole nitrogens is 1. The van der Waals surface area contributed by atoms with Crippen molar-refractivity contribution in [2.75, 3.05) is 19.6 Å². The highest BCUT2D eigenvalue weighted by molar-refractivity contribution is 5.84. The van der Waals surface area contributed by atoms with E-state index in [1.54, 1.807) is 18.2 Å². The number of tetrazole rings is 1. The Morgan fingerprint density at radius 2 is 2.17 bits per heavy atom. The minimum absolute atomic E-state index is 0.0346. The molecule has 3 rings (SSSR count). The summed E-state index contributed by atoms with van der Waals surface area (Å²) in [4.78, 5) is 12.5. The van der Waals surface area contributed by atoms with Crippen LogP contribution in [0.4, 0.5) is 4.39 Å². The highest BCUT2D eigenvalue weighted by Gasteiger charge is 2.44. The Hall–Kier alpha value is -2.35. The van der Waals surface area contributed by atoms with Crippen LogP contribution in [0.2, 0.25) is 0 Å². The van der Waals surface area contributed by atoms with E-state index >= 15 is 0 Å². The van der Waals surface area contributed by atoms with Crippen molar-refractivity contribution in [2.45, 2.75) is 19.3 Å². The van der Waals surface area contributed by atoms with Gasteiger partial charge in [-0.1, -0.05) is 23.4 Å². The van der Waals surface area contributed by atoms with E-state index in [1.807, 2.05) is 0 Å². The second-order valence-electron chi connectivity index (χ2n) is 5.84. The molecule has 1 aromatic carbocycles. The lowest BCUT2D eigenvalue weighted by Crippen LogP contribution is -2.62. The highest BCUT2D eigenvalue weighted by atomic mass is 19.1. The van der Waals surface area contributed by atoms with Gasteiger partial charge in [0.1, 0.15) is 5.82 Å². The van der Waals surface area contributed by atoms with Gasteiger partial charge in [-0.15, -0.1) is 10.2 Å². The molecule has 1 aromatic heterocycles. The zero-order valence-electron chi connectivity index (χ0n) is 12.7. The fourth-order valence-corrected chi connectivity index (χ4v) is 2.72. The normalized spacial score (nSPS) is 15.9. The Labute approximate surface area is 133 Å². The SMILES string of the molecule is O=C(NCCCc1nn[nH]n1)C1(Cc2ccccc2F)CNC1. The van der Waals surface area contributed by atoms with Crippen molar-refractivity contribution in [3.05, 3.63) is 41.5 Å². The molecule has 122 valence electrons. The van der Waals surface area contributed by atoms with E-state index in [4.69, 9.17) is 0 Å². The molecule has 7 nitrogen and oxygen atoms in total. The van der Waals surface area contributed by atoms with Gasteiger partial charge in [0.2, 0.25) is 5.91 Å². The van der Waals surface area contributed by atoms with E-state index in [0.717, 1.165) is 6.42 Å². The molecule has 1 fully saturated rings. The zero-order chi connectivity index (χ0) is 16.1. The maximum absolute atomic E-state index is 13.8. The fraction of sp³-hybridized carbons (Fsp3) is 0.467. The molecule has 0 bridgehead atoms. The summed E-state index contributed by atoms with van der Waals surface area (Å²) < 4.78 is 13.8. The Balaban J connectivity index is 1.53. The molecule has 0 unspecified atom stereocenters. The third-order valence-corrected chi connectivity index (χ3v) is 4.15. The lowest BCUT2D eigenvalue weighted by molar-refractivity contribution is -0.133. The Bertz CT molecular complexity index is 656. The van der Waals surface area contributed by atoms with Crippen LogP contribution in [0.3, 0.4) is 0 Å². The largest absolute Gasteiger partial charge is 0.356 e. The number of amides is 1. The van der Waals surface area contributed by atoms with Crippen LogP contribution in [-0.2, 0) is 17.6 Å². The number of benzene rings is 1. The summed E-state index contributed by atoms with van der Waals surface area (Å²) in [5, 5.41) is 19.7. The summed E-state index contributed by atoms with van der Waals surface area (Å²) in [6, 6.07) is 6.61. The molecule has 2 heterocycles. The minimum atomic E-state index is -0.561. The molecule has 1 amide bonds.